The Hall–Kier alpha value is -0.120. The number of likely N-dealkylation sites (tertiary alicyclic amines) is 1. The molecule has 1 N–H and O–H groups in total. The highest BCUT2D eigenvalue weighted by atomic mass is 15.3. The Bertz CT molecular complexity index is 269. The van der Waals surface area contributed by atoms with Crippen LogP contribution in [-0.2, 0) is 0 Å². The summed E-state index contributed by atoms with van der Waals surface area (Å²) in [4.78, 5) is 5.45. The van der Waals surface area contributed by atoms with Crippen LogP contribution in [0.4, 0.5) is 0 Å². The lowest BCUT2D eigenvalue weighted by Crippen LogP contribution is -2.45. The van der Waals surface area contributed by atoms with Crippen molar-refractivity contribution >= 4 is 0 Å². The van der Waals surface area contributed by atoms with Crippen molar-refractivity contribution < 1.29 is 0 Å². The average Bonchev–Trinajstić information content (AvgIpc) is 3.16. The molecule has 0 aromatic carbocycles. The van der Waals surface area contributed by atoms with Crippen molar-refractivity contribution in [2.24, 2.45) is 0 Å². The molecule has 1 heterocycles. The Labute approximate surface area is 112 Å². The number of likely N-dealkylation sites (N-methyl/N-ethyl adjacent to an activating group) is 1. The summed E-state index contributed by atoms with van der Waals surface area (Å²) in [6.07, 6.45) is 9.84. The lowest BCUT2D eigenvalue weighted by molar-refractivity contribution is 0.128. The van der Waals surface area contributed by atoms with Crippen molar-refractivity contribution in [2.45, 2.75) is 69.1 Å². The minimum Gasteiger partial charge on any atom is -0.317 e. The molecule has 0 aromatic heterocycles. The molecule has 0 bridgehead atoms. The molecule has 3 rings (SSSR count). The van der Waals surface area contributed by atoms with Gasteiger partial charge < -0.3 is 5.32 Å². The van der Waals surface area contributed by atoms with Gasteiger partial charge in [-0.1, -0.05) is 0 Å². The van der Waals surface area contributed by atoms with Crippen molar-refractivity contribution in [1.82, 2.24) is 15.1 Å². The summed E-state index contributed by atoms with van der Waals surface area (Å²) in [5.41, 5.74) is 0. The van der Waals surface area contributed by atoms with E-state index in [1.165, 1.54) is 58.0 Å². The molecule has 2 aliphatic carbocycles. The summed E-state index contributed by atoms with van der Waals surface area (Å²) < 4.78 is 0. The molecule has 3 aliphatic rings. The van der Waals surface area contributed by atoms with Crippen LogP contribution in [-0.4, -0.2) is 61.2 Å². The largest absolute Gasteiger partial charge is 0.317 e. The third-order valence-corrected chi connectivity index (χ3v) is 5.51. The van der Waals surface area contributed by atoms with E-state index in [9.17, 15) is 0 Å². The minimum absolute atomic E-state index is 0.779. The Balaban J connectivity index is 1.47. The standard InChI is InChI=1S/C15H29N3/c1-16-12-3-5-13(6-4-12)17(2)15-9-10-18(11-15)14-7-8-14/h12-16H,3-11H2,1-2H3. The molecular weight excluding hydrogens is 222 g/mol. The van der Waals surface area contributed by atoms with Gasteiger partial charge in [0.25, 0.3) is 0 Å². The zero-order valence-corrected chi connectivity index (χ0v) is 12.1. The van der Waals surface area contributed by atoms with Crippen LogP contribution < -0.4 is 5.32 Å². The number of rotatable bonds is 4. The second-order valence-corrected chi connectivity index (χ2v) is 6.63. The van der Waals surface area contributed by atoms with Gasteiger partial charge in [-0.2, -0.15) is 0 Å². The summed E-state index contributed by atoms with van der Waals surface area (Å²) in [6.45, 7) is 2.69. The molecule has 3 fully saturated rings. The number of nitrogens with one attached hydrogen (secondary N) is 1. The summed E-state index contributed by atoms with van der Waals surface area (Å²) in [7, 11) is 4.49. The first kappa shape index (κ1) is 12.9. The quantitative estimate of drug-likeness (QED) is 0.820. The van der Waals surface area contributed by atoms with Gasteiger partial charge in [0.05, 0.1) is 0 Å². The van der Waals surface area contributed by atoms with E-state index in [1.807, 2.05) is 0 Å². The van der Waals surface area contributed by atoms with E-state index in [2.05, 4.69) is 29.2 Å². The van der Waals surface area contributed by atoms with E-state index in [4.69, 9.17) is 0 Å². The molecule has 104 valence electrons. The van der Waals surface area contributed by atoms with Crippen LogP contribution in [0.1, 0.15) is 44.9 Å². The maximum absolute atomic E-state index is 3.44. The molecule has 1 unspecified atom stereocenters. The maximum atomic E-state index is 3.44. The number of hydrogen-bond donors (Lipinski definition) is 1. The molecular formula is C15H29N3. The topological polar surface area (TPSA) is 18.5 Å². The van der Waals surface area contributed by atoms with Crippen molar-refractivity contribution in [3.8, 4) is 0 Å². The maximum Gasteiger partial charge on any atom is 0.0235 e. The van der Waals surface area contributed by atoms with Crippen molar-refractivity contribution in [2.75, 3.05) is 27.2 Å². The SMILES string of the molecule is CNC1CCC(N(C)C2CCN(C3CC3)C2)CC1. The van der Waals surface area contributed by atoms with Crippen LogP contribution in [0.3, 0.4) is 0 Å². The van der Waals surface area contributed by atoms with Crippen LogP contribution in [0, 0.1) is 0 Å². The van der Waals surface area contributed by atoms with Crippen molar-refractivity contribution in [3.05, 3.63) is 0 Å². The second kappa shape index (κ2) is 5.48. The molecule has 0 spiro atoms. The molecule has 1 atom stereocenters. The van der Waals surface area contributed by atoms with E-state index in [-0.39, 0.29) is 0 Å². The second-order valence-electron chi connectivity index (χ2n) is 6.63. The van der Waals surface area contributed by atoms with Gasteiger partial charge in [0.2, 0.25) is 0 Å². The predicted molar refractivity (Wildman–Crippen MR) is 75.9 cm³/mol. The molecule has 18 heavy (non-hydrogen) atoms. The van der Waals surface area contributed by atoms with Gasteiger partial charge in [0.15, 0.2) is 0 Å². The van der Waals surface area contributed by atoms with E-state index in [0.717, 1.165) is 24.2 Å². The van der Waals surface area contributed by atoms with E-state index < -0.39 is 0 Å². The fourth-order valence-electron chi connectivity index (χ4n) is 3.94. The molecule has 0 radical (unpaired) electrons. The Morgan fingerprint density at radius 1 is 0.944 bits per heavy atom. The van der Waals surface area contributed by atoms with Gasteiger partial charge >= 0.3 is 0 Å². The van der Waals surface area contributed by atoms with Crippen molar-refractivity contribution in [1.29, 1.82) is 0 Å². The van der Waals surface area contributed by atoms with E-state index in [1.54, 1.807) is 0 Å². The first-order valence-corrected chi connectivity index (χ1v) is 7.91. The smallest absolute Gasteiger partial charge is 0.0235 e. The molecule has 2 saturated carbocycles. The zero-order valence-electron chi connectivity index (χ0n) is 12.1. The molecule has 0 amide bonds. The summed E-state index contributed by atoms with van der Waals surface area (Å²) in [5.74, 6) is 0. The lowest BCUT2D eigenvalue weighted by atomic mass is 9.89. The first-order valence-electron chi connectivity index (χ1n) is 7.91. The van der Waals surface area contributed by atoms with Gasteiger partial charge in [-0.05, 0) is 59.0 Å². The van der Waals surface area contributed by atoms with E-state index in [0.29, 0.717) is 0 Å². The van der Waals surface area contributed by atoms with Gasteiger partial charge in [-0.3, -0.25) is 9.80 Å². The highest BCUT2D eigenvalue weighted by molar-refractivity contribution is 4.94. The molecule has 3 heteroatoms. The summed E-state index contributed by atoms with van der Waals surface area (Å²) in [6, 6.07) is 3.42. The fourth-order valence-corrected chi connectivity index (χ4v) is 3.94. The zero-order chi connectivity index (χ0) is 12.5. The Kier molecular flexibility index (Phi) is 3.92. The minimum atomic E-state index is 0.779. The Morgan fingerprint density at radius 3 is 2.28 bits per heavy atom. The van der Waals surface area contributed by atoms with Crippen LogP contribution >= 0.6 is 0 Å². The molecule has 1 aliphatic heterocycles. The molecule has 3 nitrogen and oxygen atoms in total. The first-order chi connectivity index (χ1) is 8.78. The highest BCUT2D eigenvalue weighted by Gasteiger charge is 2.37. The van der Waals surface area contributed by atoms with E-state index >= 15 is 0 Å². The number of hydrogen-bond acceptors (Lipinski definition) is 3. The fraction of sp³-hybridized carbons (Fsp3) is 1.00. The van der Waals surface area contributed by atoms with Crippen LogP contribution in [0.25, 0.3) is 0 Å². The highest BCUT2D eigenvalue weighted by Crippen LogP contribution is 2.32. The number of nitrogens with zero attached hydrogens (tertiary/aromatic N) is 2. The van der Waals surface area contributed by atoms with Gasteiger partial charge in [0.1, 0.15) is 0 Å². The summed E-state index contributed by atoms with van der Waals surface area (Å²) >= 11 is 0. The van der Waals surface area contributed by atoms with Gasteiger partial charge in [0, 0.05) is 37.3 Å². The van der Waals surface area contributed by atoms with Crippen molar-refractivity contribution in [3.63, 3.8) is 0 Å². The van der Waals surface area contributed by atoms with Gasteiger partial charge in [-0.25, -0.2) is 0 Å². The third kappa shape index (κ3) is 2.73. The van der Waals surface area contributed by atoms with Crippen LogP contribution in [0.5, 0.6) is 0 Å². The molecule has 0 aromatic rings. The lowest BCUT2D eigenvalue weighted by Gasteiger charge is -2.38. The Morgan fingerprint density at radius 2 is 1.67 bits per heavy atom. The normalized spacial score (nSPS) is 38.5. The van der Waals surface area contributed by atoms with Gasteiger partial charge in [-0.15, -0.1) is 0 Å². The van der Waals surface area contributed by atoms with Crippen LogP contribution in [0.15, 0.2) is 0 Å². The average molecular weight is 251 g/mol. The summed E-state index contributed by atoms with van der Waals surface area (Å²) in [5, 5.41) is 3.44. The van der Waals surface area contributed by atoms with Crippen LogP contribution in [0.2, 0.25) is 0 Å². The monoisotopic (exact) mass is 251 g/mol. The molecule has 1 saturated heterocycles. The third-order valence-electron chi connectivity index (χ3n) is 5.51. The predicted octanol–water partition coefficient (Wildman–Crippen LogP) is 1.69.